The molecule has 1 unspecified atom stereocenters. The summed E-state index contributed by atoms with van der Waals surface area (Å²) in [5, 5.41) is 0. The van der Waals surface area contributed by atoms with E-state index in [2.05, 4.69) is 15.9 Å². The number of hydrogen-bond donors (Lipinski definition) is 1. The number of halogens is 1. The van der Waals surface area contributed by atoms with Crippen LogP contribution in [0.25, 0.3) is 0 Å². The lowest BCUT2D eigenvalue weighted by atomic mass is 10.0. The van der Waals surface area contributed by atoms with Gasteiger partial charge in [-0.3, -0.25) is 4.79 Å². The predicted octanol–water partition coefficient (Wildman–Crippen LogP) is 1.91. The number of hydrogen-bond acceptors (Lipinski definition) is 3. The number of benzene rings is 1. The van der Waals surface area contributed by atoms with Gasteiger partial charge in [-0.2, -0.15) is 0 Å². The molecule has 1 atom stereocenters. The highest BCUT2D eigenvalue weighted by molar-refractivity contribution is 9.10. The fraction of sp³-hybridized carbons (Fsp3) is 0.417. The first-order valence-corrected chi connectivity index (χ1v) is 6.32. The number of rotatable bonds is 2. The SMILES string of the molecule is COc1cc(Br)cc(N2CCCC(N)C2=O)c1. The van der Waals surface area contributed by atoms with Crippen molar-refractivity contribution in [3.05, 3.63) is 22.7 Å². The molecule has 1 saturated heterocycles. The standard InChI is InChI=1S/C12H15BrN2O2/c1-17-10-6-8(13)5-9(7-10)15-4-2-3-11(14)12(15)16/h5-7,11H,2-4,14H2,1H3. The number of piperidine rings is 1. The van der Waals surface area contributed by atoms with Gasteiger partial charge in [-0.25, -0.2) is 0 Å². The first-order valence-electron chi connectivity index (χ1n) is 5.53. The van der Waals surface area contributed by atoms with Crippen molar-refractivity contribution in [3.8, 4) is 5.75 Å². The number of amides is 1. The lowest BCUT2D eigenvalue weighted by Gasteiger charge is -2.30. The third-order valence-electron chi connectivity index (χ3n) is 2.88. The molecular weight excluding hydrogens is 284 g/mol. The van der Waals surface area contributed by atoms with Gasteiger partial charge in [0.1, 0.15) is 5.75 Å². The number of nitrogens with two attached hydrogens (primary N) is 1. The van der Waals surface area contributed by atoms with Crippen LogP contribution < -0.4 is 15.4 Å². The van der Waals surface area contributed by atoms with E-state index in [-0.39, 0.29) is 11.9 Å². The van der Waals surface area contributed by atoms with Crippen molar-refractivity contribution in [2.45, 2.75) is 18.9 Å². The summed E-state index contributed by atoms with van der Waals surface area (Å²) >= 11 is 3.41. The summed E-state index contributed by atoms with van der Waals surface area (Å²) in [6, 6.07) is 5.23. The van der Waals surface area contributed by atoms with Gasteiger partial charge in [0.2, 0.25) is 5.91 Å². The molecule has 92 valence electrons. The van der Waals surface area contributed by atoms with Crippen LogP contribution in [-0.4, -0.2) is 25.6 Å². The molecule has 2 N–H and O–H groups in total. The van der Waals surface area contributed by atoms with E-state index >= 15 is 0 Å². The van der Waals surface area contributed by atoms with Crippen molar-refractivity contribution in [1.82, 2.24) is 0 Å². The van der Waals surface area contributed by atoms with Gasteiger partial charge in [0.05, 0.1) is 13.2 Å². The third-order valence-corrected chi connectivity index (χ3v) is 3.34. The second kappa shape index (κ2) is 5.06. The molecule has 1 aliphatic rings. The summed E-state index contributed by atoms with van der Waals surface area (Å²) in [6.07, 6.45) is 1.70. The van der Waals surface area contributed by atoms with Gasteiger partial charge < -0.3 is 15.4 Å². The Balaban J connectivity index is 2.32. The zero-order chi connectivity index (χ0) is 12.4. The maximum atomic E-state index is 12.0. The minimum Gasteiger partial charge on any atom is -0.497 e. The number of ether oxygens (including phenoxy) is 1. The number of anilines is 1. The highest BCUT2D eigenvalue weighted by Crippen LogP contribution is 2.29. The average Bonchev–Trinajstić information content (AvgIpc) is 2.31. The van der Waals surface area contributed by atoms with Gasteiger partial charge in [-0.15, -0.1) is 0 Å². The molecule has 2 rings (SSSR count). The summed E-state index contributed by atoms with van der Waals surface area (Å²) in [7, 11) is 1.61. The van der Waals surface area contributed by atoms with Crippen LogP contribution in [-0.2, 0) is 4.79 Å². The van der Waals surface area contributed by atoms with Crippen LogP contribution in [0, 0.1) is 0 Å². The lowest BCUT2D eigenvalue weighted by Crippen LogP contribution is -2.48. The summed E-state index contributed by atoms with van der Waals surface area (Å²) < 4.78 is 6.08. The van der Waals surface area contributed by atoms with E-state index in [0.29, 0.717) is 6.54 Å². The average molecular weight is 299 g/mol. The summed E-state index contributed by atoms with van der Waals surface area (Å²) in [5.41, 5.74) is 6.61. The molecule has 1 heterocycles. The molecule has 0 saturated carbocycles. The molecule has 1 aliphatic heterocycles. The second-order valence-corrected chi connectivity index (χ2v) is 5.00. The van der Waals surface area contributed by atoms with E-state index in [1.54, 1.807) is 12.0 Å². The van der Waals surface area contributed by atoms with Crippen molar-refractivity contribution in [1.29, 1.82) is 0 Å². The normalized spacial score (nSPS) is 20.5. The maximum absolute atomic E-state index is 12.0. The molecule has 0 radical (unpaired) electrons. The molecule has 1 fully saturated rings. The number of carbonyl (C=O) groups excluding carboxylic acids is 1. The molecule has 0 bridgehead atoms. The highest BCUT2D eigenvalue weighted by Gasteiger charge is 2.27. The fourth-order valence-corrected chi connectivity index (χ4v) is 2.44. The predicted molar refractivity (Wildman–Crippen MR) is 70.3 cm³/mol. The number of nitrogens with zero attached hydrogens (tertiary/aromatic N) is 1. The first kappa shape index (κ1) is 12.4. The van der Waals surface area contributed by atoms with Crippen molar-refractivity contribution in [2.24, 2.45) is 5.73 Å². The van der Waals surface area contributed by atoms with Crippen LogP contribution in [0.2, 0.25) is 0 Å². The zero-order valence-corrected chi connectivity index (χ0v) is 11.2. The Morgan fingerprint density at radius 1 is 1.47 bits per heavy atom. The zero-order valence-electron chi connectivity index (χ0n) is 9.65. The molecule has 17 heavy (non-hydrogen) atoms. The van der Waals surface area contributed by atoms with Gasteiger partial charge in [0.15, 0.2) is 0 Å². The summed E-state index contributed by atoms with van der Waals surface area (Å²) in [5.74, 6) is 0.706. The maximum Gasteiger partial charge on any atom is 0.243 e. The minimum absolute atomic E-state index is 0.0172. The summed E-state index contributed by atoms with van der Waals surface area (Å²) in [4.78, 5) is 13.7. The highest BCUT2D eigenvalue weighted by atomic mass is 79.9. The van der Waals surface area contributed by atoms with Crippen LogP contribution >= 0.6 is 15.9 Å². The van der Waals surface area contributed by atoms with Gasteiger partial charge in [-0.05, 0) is 25.0 Å². The number of carbonyl (C=O) groups is 1. The van der Waals surface area contributed by atoms with E-state index in [4.69, 9.17) is 10.5 Å². The smallest absolute Gasteiger partial charge is 0.243 e. The Labute approximate surface area is 109 Å². The van der Waals surface area contributed by atoms with Gasteiger partial charge >= 0.3 is 0 Å². The van der Waals surface area contributed by atoms with E-state index in [9.17, 15) is 4.79 Å². The lowest BCUT2D eigenvalue weighted by molar-refractivity contribution is -0.120. The van der Waals surface area contributed by atoms with Crippen LogP contribution in [0.3, 0.4) is 0 Å². The molecule has 0 spiro atoms. The monoisotopic (exact) mass is 298 g/mol. The Kier molecular flexibility index (Phi) is 3.69. The molecule has 0 aliphatic carbocycles. The summed E-state index contributed by atoms with van der Waals surface area (Å²) in [6.45, 7) is 0.714. The Morgan fingerprint density at radius 2 is 2.24 bits per heavy atom. The van der Waals surface area contributed by atoms with Crippen molar-refractivity contribution < 1.29 is 9.53 Å². The van der Waals surface area contributed by atoms with Crippen LogP contribution in [0.4, 0.5) is 5.69 Å². The Bertz CT molecular complexity index is 437. The quantitative estimate of drug-likeness (QED) is 0.907. The van der Waals surface area contributed by atoms with E-state index in [1.807, 2.05) is 18.2 Å². The first-order chi connectivity index (χ1) is 8.11. The molecule has 1 aromatic carbocycles. The van der Waals surface area contributed by atoms with Crippen LogP contribution in [0.5, 0.6) is 5.75 Å². The molecular formula is C12H15BrN2O2. The van der Waals surface area contributed by atoms with Gasteiger partial charge in [-0.1, -0.05) is 15.9 Å². The fourth-order valence-electron chi connectivity index (χ4n) is 1.98. The third kappa shape index (κ3) is 2.61. The van der Waals surface area contributed by atoms with E-state index < -0.39 is 0 Å². The van der Waals surface area contributed by atoms with Crippen molar-refractivity contribution >= 4 is 27.5 Å². The van der Waals surface area contributed by atoms with Gasteiger partial charge in [0.25, 0.3) is 0 Å². The molecule has 5 heteroatoms. The molecule has 1 amide bonds. The van der Waals surface area contributed by atoms with E-state index in [0.717, 1.165) is 28.8 Å². The van der Waals surface area contributed by atoms with Gasteiger partial charge in [0, 0.05) is 22.8 Å². The van der Waals surface area contributed by atoms with E-state index in [1.165, 1.54) is 0 Å². The minimum atomic E-state index is -0.381. The second-order valence-electron chi connectivity index (χ2n) is 4.09. The molecule has 1 aromatic rings. The number of methoxy groups -OCH3 is 1. The molecule has 0 aromatic heterocycles. The van der Waals surface area contributed by atoms with Crippen molar-refractivity contribution in [3.63, 3.8) is 0 Å². The Hall–Kier alpha value is -1.07. The largest absolute Gasteiger partial charge is 0.497 e. The van der Waals surface area contributed by atoms with Crippen LogP contribution in [0.1, 0.15) is 12.8 Å². The van der Waals surface area contributed by atoms with Crippen molar-refractivity contribution in [2.75, 3.05) is 18.6 Å². The molecule has 4 nitrogen and oxygen atoms in total. The topological polar surface area (TPSA) is 55.6 Å². The van der Waals surface area contributed by atoms with Crippen LogP contribution in [0.15, 0.2) is 22.7 Å². The Morgan fingerprint density at radius 3 is 2.94 bits per heavy atom.